The zero-order valence-electron chi connectivity index (χ0n) is 17.7. The molecule has 0 unspecified atom stereocenters. The van der Waals surface area contributed by atoms with Gasteiger partial charge >= 0.3 is 0 Å². The Hall–Kier alpha value is -2.64. The van der Waals surface area contributed by atoms with Crippen LogP contribution < -0.4 is 21.3 Å². The summed E-state index contributed by atoms with van der Waals surface area (Å²) < 4.78 is 0. The number of likely N-dealkylation sites (N-methyl/N-ethyl adjacent to an activating group) is 1. The predicted molar refractivity (Wildman–Crippen MR) is 121 cm³/mol. The minimum Gasteiger partial charge on any atom is -0.381 e. The minimum atomic E-state index is -0.443. The maximum Gasteiger partial charge on any atom is 0.252 e. The van der Waals surface area contributed by atoms with Crippen molar-refractivity contribution in [3.05, 3.63) is 53.3 Å². The van der Waals surface area contributed by atoms with Crippen LogP contribution in [-0.2, 0) is 6.42 Å². The maximum atomic E-state index is 11.9. The lowest BCUT2D eigenvalue weighted by molar-refractivity contribution is 0.100. The van der Waals surface area contributed by atoms with Crippen molar-refractivity contribution in [2.24, 2.45) is 5.73 Å². The normalized spacial score (nSPS) is 18.4. The number of nitrogens with zero attached hydrogens (tertiary/aromatic N) is 3. The van der Waals surface area contributed by atoms with E-state index in [0.717, 1.165) is 69.9 Å². The van der Waals surface area contributed by atoms with Crippen LogP contribution in [0.25, 0.3) is 0 Å². The molecule has 1 amide bonds. The summed E-state index contributed by atoms with van der Waals surface area (Å²) in [5.74, 6) is -0.443. The van der Waals surface area contributed by atoms with Crippen molar-refractivity contribution in [2.45, 2.75) is 25.3 Å². The summed E-state index contributed by atoms with van der Waals surface area (Å²) in [6.45, 7) is 6.31. The molecule has 2 fully saturated rings. The summed E-state index contributed by atoms with van der Waals surface area (Å²) in [4.78, 5) is 21.2. The van der Waals surface area contributed by atoms with E-state index in [1.807, 2.05) is 6.07 Å². The fourth-order valence-electron chi connectivity index (χ4n) is 4.20. The third kappa shape index (κ3) is 5.09. The SMILES string of the molecule is CN1CCN(c2ccc(Cc3cc(NC4CCNCC4)c(C(N)=O)cn3)cc2)CC1. The number of carbonyl (C=O) groups excluding carboxylic acids is 1. The van der Waals surface area contributed by atoms with E-state index in [9.17, 15) is 4.79 Å². The molecule has 0 radical (unpaired) electrons. The van der Waals surface area contributed by atoms with Gasteiger partial charge in [-0.2, -0.15) is 0 Å². The summed E-state index contributed by atoms with van der Waals surface area (Å²) in [6, 6.07) is 11.1. The van der Waals surface area contributed by atoms with Gasteiger partial charge in [0.15, 0.2) is 0 Å². The zero-order chi connectivity index (χ0) is 20.9. The van der Waals surface area contributed by atoms with Gasteiger partial charge in [-0.15, -0.1) is 0 Å². The number of benzene rings is 1. The van der Waals surface area contributed by atoms with Gasteiger partial charge in [-0.25, -0.2) is 0 Å². The van der Waals surface area contributed by atoms with Crippen LogP contribution in [0.4, 0.5) is 11.4 Å². The summed E-state index contributed by atoms with van der Waals surface area (Å²) in [6.07, 6.45) is 4.40. The standard InChI is InChI=1S/C23H32N6O/c1-28-10-12-29(13-11-28)20-4-2-17(3-5-20)14-19-15-22(21(16-26-19)23(24)30)27-18-6-8-25-9-7-18/h2-5,15-16,18,25H,6-14H2,1H3,(H2,24,30)(H,26,27). The Kier molecular flexibility index (Phi) is 6.50. The third-order valence-corrected chi connectivity index (χ3v) is 6.11. The Morgan fingerprint density at radius 3 is 2.53 bits per heavy atom. The second-order valence-corrected chi connectivity index (χ2v) is 8.39. The molecule has 4 rings (SSSR count). The molecule has 3 heterocycles. The van der Waals surface area contributed by atoms with E-state index in [-0.39, 0.29) is 0 Å². The van der Waals surface area contributed by atoms with Crippen LogP contribution in [0.15, 0.2) is 36.5 Å². The van der Waals surface area contributed by atoms with Crippen molar-refractivity contribution >= 4 is 17.3 Å². The molecule has 4 N–H and O–H groups in total. The molecule has 30 heavy (non-hydrogen) atoms. The number of nitrogens with two attached hydrogens (primary N) is 1. The van der Waals surface area contributed by atoms with E-state index in [4.69, 9.17) is 5.73 Å². The van der Waals surface area contributed by atoms with Crippen molar-refractivity contribution in [3.8, 4) is 0 Å². The molecule has 160 valence electrons. The van der Waals surface area contributed by atoms with E-state index in [1.165, 1.54) is 11.3 Å². The van der Waals surface area contributed by atoms with Crippen molar-refractivity contribution in [3.63, 3.8) is 0 Å². The Morgan fingerprint density at radius 1 is 1.17 bits per heavy atom. The molecule has 0 saturated carbocycles. The highest BCUT2D eigenvalue weighted by atomic mass is 16.1. The van der Waals surface area contributed by atoms with Crippen LogP contribution in [0.1, 0.15) is 34.5 Å². The minimum absolute atomic E-state index is 0.350. The van der Waals surface area contributed by atoms with Crippen LogP contribution in [0, 0.1) is 0 Å². The van der Waals surface area contributed by atoms with Crippen LogP contribution in [0.5, 0.6) is 0 Å². The van der Waals surface area contributed by atoms with Crippen molar-refractivity contribution in [1.29, 1.82) is 0 Å². The fraction of sp³-hybridized carbons (Fsp3) is 0.478. The highest BCUT2D eigenvalue weighted by Gasteiger charge is 2.17. The molecule has 1 aromatic heterocycles. The fourth-order valence-corrected chi connectivity index (χ4v) is 4.20. The quantitative estimate of drug-likeness (QED) is 0.674. The Morgan fingerprint density at radius 2 is 1.87 bits per heavy atom. The molecule has 0 atom stereocenters. The lowest BCUT2D eigenvalue weighted by Gasteiger charge is -2.34. The first-order chi connectivity index (χ1) is 14.6. The van der Waals surface area contributed by atoms with Crippen LogP contribution in [0.3, 0.4) is 0 Å². The molecular weight excluding hydrogens is 376 g/mol. The van der Waals surface area contributed by atoms with Gasteiger partial charge in [-0.05, 0) is 56.7 Å². The number of amides is 1. The maximum absolute atomic E-state index is 11.9. The van der Waals surface area contributed by atoms with Crippen molar-refractivity contribution in [2.75, 3.05) is 56.5 Å². The molecule has 2 saturated heterocycles. The number of pyridine rings is 1. The molecular formula is C23H32N6O. The molecule has 2 aliphatic rings. The zero-order valence-corrected chi connectivity index (χ0v) is 17.7. The number of nitrogens with one attached hydrogen (secondary N) is 2. The molecule has 2 aliphatic heterocycles. The number of hydrogen-bond donors (Lipinski definition) is 3. The number of piperidine rings is 1. The molecule has 7 heteroatoms. The monoisotopic (exact) mass is 408 g/mol. The van der Waals surface area contributed by atoms with Gasteiger partial charge in [-0.3, -0.25) is 9.78 Å². The number of primary amides is 1. The first-order valence-electron chi connectivity index (χ1n) is 10.9. The largest absolute Gasteiger partial charge is 0.381 e. The van der Waals surface area contributed by atoms with Crippen LogP contribution >= 0.6 is 0 Å². The summed E-state index contributed by atoms with van der Waals surface area (Å²) in [5, 5.41) is 6.88. The van der Waals surface area contributed by atoms with E-state index < -0.39 is 5.91 Å². The lowest BCUT2D eigenvalue weighted by Crippen LogP contribution is -2.44. The van der Waals surface area contributed by atoms with Gasteiger partial charge < -0.3 is 26.2 Å². The summed E-state index contributed by atoms with van der Waals surface area (Å²) >= 11 is 0. The number of anilines is 2. The first kappa shape index (κ1) is 20.6. The second kappa shape index (κ2) is 9.45. The second-order valence-electron chi connectivity index (χ2n) is 8.39. The molecule has 0 aliphatic carbocycles. The van der Waals surface area contributed by atoms with Crippen LogP contribution in [0.2, 0.25) is 0 Å². The van der Waals surface area contributed by atoms with Crippen molar-refractivity contribution in [1.82, 2.24) is 15.2 Å². The first-order valence-corrected chi connectivity index (χ1v) is 10.9. The molecule has 2 aromatic rings. The molecule has 0 bridgehead atoms. The number of aromatic nitrogens is 1. The average molecular weight is 409 g/mol. The number of piperazine rings is 1. The summed E-state index contributed by atoms with van der Waals surface area (Å²) in [7, 11) is 2.17. The number of hydrogen-bond acceptors (Lipinski definition) is 6. The topological polar surface area (TPSA) is 86.5 Å². The molecule has 0 spiro atoms. The summed E-state index contributed by atoms with van der Waals surface area (Å²) in [5.41, 5.74) is 10.3. The Labute approximate surface area is 178 Å². The van der Waals surface area contributed by atoms with Gasteiger partial charge in [0, 0.05) is 56.2 Å². The van der Waals surface area contributed by atoms with Gasteiger partial charge in [0.05, 0.1) is 11.3 Å². The van der Waals surface area contributed by atoms with Gasteiger partial charge in [0.1, 0.15) is 0 Å². The average Bonchev–Trinajstić information content (AvgIpc) is 2.76. The lowest BCUT2D eigenvalue weighted by atomic mass is 10.0. The highest BCUT2D eigenvalue weighted by molar-refractivity contribution is 5.98. The van der Waals surface area contributed by atoms with E-state index in [1.54, 1.807) is 6.20 Å². The molecule has 7 nitrogen and oxygen atoms in total. The van der Waals surface area contributed by atoms with Gasteiger partial charge in [-0.1, -0.05) is 12.1 Å². The number of carbonyl (C=O) groups is 1. The van der Waals surface area contributed by atoms with Gasteiger partial charge in [0.25, 0.3) is 5.91 Å². The Balaban J connectivity index is 1.45. The van der Waals surface area contributed by atoms with E-state index >= 15 is 0 Å². The van der Waals surface area contributed by atoms with Crippen molar-refractivity contribution < 1.29 is 4.79 Å². The smallest absolute Gasteiger partial charge is 0.252 e. The number of rotatable bonds is 6. The molecule has 1 aromatic carbocycles. The van der Waals surface area contributed by atoms with E-state index in [2.05, 4.69) is 56.7 Å². The highest BCUT2D eigenvalue weighted by Crippen LogP contribution is 2.22. The van der Waals surface area contributed by atoms with Crippen LogP contribution in [-0.4, -0.2) is 68.1 Å². The Bertz CT molecular complexity index is 854. The van der Waals surface area contributed by atoms with Gasteiger partial charge in [0.2, 0.25) is 0 Å². The van der Waals surface area contributed by atoms with E-state index in [0.29, 0.717) is 11.6 Å². The predicted octanol–water partition coefficient (Wildman–Crippen LogP) is 1.69. The third-order valence-electron chi connectivity index (χ3n) is 6.11.